The Hall–Kier alpha value is -4.54. The van der Waals surface area contributed by atoms with E-state index in [1.54, 1.807) is 48.3 Å². The first-order valence-electron chi connectivity index (χ1n) is 9.89. The summed E-state index contributed by atoms with van der Waals surface area (Å²) in [6, 6.07) is 8.82. The van der Waals surface area contributed by atoms with Crippen LogP contribution in [-0.2, 0) is 7.05 Å². The van der Waals surface area contributed by atoms with E-state index in [4.69, 9.17) is 4.74 Å². The Morgan fingerprint density at radius 1 is 1.03 bits per heavy atom. The van der Waals surface area contributed by atoms with Gasteiger partial charge in [0, 0.05) is 38.6 Å². The highest BCUT2D eigenvalue weighted by atomic mass is 19.1. The van der Waals surface area contributed by atoms with E-state index in [1.165, 1.54) is 13.3 Å². The Bertz CT molecular complexity index is 1290. The molecule has 0 spiro atoms. The number of nitrogens with zero attached hydrogens (tertiary/aromatic N) is 5. The highest BCUT2D eigenvalue weighted by Crippen LogP contribution is 2.37. The predicted octanol–water partition coefficient (Wildman–Crippen LogP) is 3.27. The molecule has 0 saturated carbocycles. The lowest BCUT2D eigenvalue weighted by atomic mass is 10.1. The third kappa shape index (κ3) is 4.71. The number of nitrogens with one attached hydrogen (secondary N) is 3. The van der Waals surface area contributed by atoms with Gasteiger partial charge in [0.15, 0.2) is 23.2 Å². The Kier molecular flexibility index (Phi) is 6.11. The number of ether oxygens (including phenoxy) is 1. The summed E-state index contributed by atoms with van der Waals surface area (Å²) in [6.45, 7) is 0. The second kappa shape index (κ2) is 9.30. The Morgan fingerprint density at radius 3 is 2.48 bits per heavy atom. The number of pyridine rings is 1. The highest BCUT2D eigenvalue weighted by molar-refractivity contribution is 6.00. The van der Waals surface area contributed by atoms with Crippen LogP contribution in [-0.4, -0.2) is 44.8 Å². The average Bonchev–Trinajstić information content (AvgIpc) is 3.23. The molecule has 0 aliphatic heterocycles. The van der Waals surface area contributed by atoms with Gasteiger partial charge in [0.25, 0.3) is 5.91 Å². The molecule has 0 aliphatic carbocycles. The van der Waals surface area contributed by atoms with Crippen LogP contribution in [0.2, 0.25) is 0 Å². The van der Waals surface area contributed by atoms with Gasteiger partial charge in [0.05, 0.1) is 42.0 Å². The lowest BCUT2D eigenvalue weighted by Crippen LogP contribution is -2.19. The summed E-state index contributed by atoms with van der Waals surface area (Å²) in [5.41, 5.74) is 1.93. The number of anilines is 4. The van der Waals surface area contributed by atoms with Crippen LogP contribution in [0.1, 0.15) is 10.4 Å². The van der Waals surface area contributed by atoms with Gasteiger partial charge < -0.3 is 20.7 Å². The summed E-state index contributed by atoms with van der Waals surface area (Å²) < 4.78 is 20.5. The van der Waals surface area contributed by atoms with E-state index in [-0.39, 0.29) is 5.91 Å². The van der Waals surface area contributed by atoms with Gasteiger partial charge in [-0.15, -0.1) is 0 Å². The van der Waals surface area contributed by atoms with E-state index in [9.17, 15) is 9.18 Å². The summed E-state index contributed by atoms with van der Waals surface area (Å²) in [7, 11) is 4.86. The predicted molar refractivity (Wildman–Crippen MR) is 121 cm³/mol. The van der Waals surface area contributed by atoms with Crippen molar-refractivity contribution >= 4 is 28.9 Å². The van der Waals surface area contributed by atoms with Crippen LogP contribution >= 0.6 is 0 Å². The van der Waals surface area contributed by atoms with Crippen LogP contribution in [0.25, 0.3) is 11.4 Å². The summed E-state index contributed by atoms with van der Waals surface area (Å²) >= 11 is 0. The number of hydrogen-bond donors (Lipinski definition) is 3. The minimum atomic E-state index is -0.535. The Morgan fingerprint density at radius 2 is 1.82 bits per heavy atom. The molecule has 10 nitrogen and oxygen atoms in total. The van der Waals surface area contributed by atoms with Crippen molar-refractivity contribution in [3.05, 3.63) is 66.5 Å². The first-order valence-corrected chi connectivity index (χ1v) is 9.89. The van der Waals surface area contributed by atoms with Gasteiger partial charge >= 0.3 is 0 Å². The summed E-state index contributed by atoms with van der Waals surface area (Å²) in [4.78, 5) is 24.9. The van der Waals surface area contributed by atoms with Gasteiger partial charge in [0.2, 0.25) is 0 Å². The van der Waals surface area contributed by atoms with Crippen molar-refractivity contribution in [2.45, 2.75) is 0 Å². The molecule has 1 amide bonds. The molecule has 0 atom stereocenters. The zero-order valence-electron chi connectivity index (χ0n) is 18.1. The fourth-order valence-corrected chi connectivity index (χ4v) is 3.18. The molecule has 4 aromatic rings. The lowest BCUT2D eigenvalue weighted by molar-refractivity contribution is 0.0963. The van der Waals surface area contributed by atoms with Crippen molar-refractivity contribution in [3.8, 4) is 17.1 Å². The number of aromatic nitrogens is 5. The maximum atomic E-state index is 13.3. The molecule has 0 unspecified atom stereocenters. The molecule has 0 aliphatic rings. The molecule has 168 valence electrons. The first-order chi connectivity index (χ1) is 16.0. The number of amides is 1. The molecule has 4 rings (SSSR count). The van der Waals surface area contributed by atoms with Crippen LogP contribution in [0, 0.1) is 5.82 Å². The Labute approximate surface area is 188 Å². The van der Waals surface area contributed by atoms with Gasteiger partial charge in [-0.1, -0.05) is 6.07 Å². The van der Waals surface area contributed by atoms with E-state index in [1.807, 2.05) is 7.05 Å². The molecule has 0 saturated heterocycles. The zero-order chi connectivity index (χ0) is 23.4. The largest absolute Gasteiger partial charge is 0.494 e. The van der Waals surface area contributed by atoms with Crippen LogP contribution in [0.15, 0.2) is 55.1 Å². The zero-order valence-corrected chi connectivity index (χ0v) is 18.1. The quantitative estimate of drug-likeness (QED) is 0.394. The Balaban J connectivity index is 1.73. The molecule has 11 heteroatoms. The topological polar surface area (TPSA) is 119 Å². The third-order valence-electron chi connectivity index (χ3n) is 4.70. The number of aryl methyl sites for hydroxylation is 1. The van der Waals surface area contributed by atoms with Crippen LogP contribution in [0.5, 0.6) is 5.75 Å². The van der Waals surface area contributed by atoms with Crippen LogP contribution in [0.3, 0.4) is 0 Å². The molecule has 0 fully saturated rings. The third-order valence-corrected chi connectivity index (χ3v) is 4.70. The van der Waals surface area contributed by atoms with Gasteiger partial charge in [-0.25, -0.2) is 19.3 Å². The van der Waals surface area contributed by atoms with Crippen molar-refractivity contribution in [2.75, 3.05) is 24.8 Å². The molecular weight excluding hydrogens is 427 g/mol. The number of carbonyl (C=O) groups excluding carboxylic acids is 1. The number of rotatable bonds is 7. The summed E-state index contributed by atoms with van der Waals surface area (Å²) in [5.74, 6) is 0.981. The van der Waals surface area contributed by atoms with Crippen LogP contribution in [0.4, 0.5) is 27.4 Å². The second-order valence-corrected chi connectivity index (χ2v) is 6.93. The minimum Gasteiger partial charge on any atom is -0.494 e. The average molecular weight is 448 g/mol. The molecule has 1 aromatic carbocycles. The van der Waals surface area contributed by atoms with Crippen molar-refractivity contribution in [3.63, 3.8) is 0 Å². The van der Waals surface area contributed by atoms with Gasteiger partial charge in [0.1, 0.15) is 5.82 Å². The monoisotopic (exact) mass is 448 g/mol. The SMILES string of the molecule is CNC(=O)c1cnc(Nc2ccn(C)n2)cc1Nc1cccc(-c2ncc(F)cn2)c1OC. The lowest BCUT2D eigenvalue weighted by Gasteiger charge is -2.17. The highest BCUT2D eigenvalue weighted by Gasteiger charge is 2.17. The molecular formula is C22H21FN8O2. The van der Waals surface area contributed by atoms with Crippen LogP contribution < -0.4 is 20.7 Å². The van der Waals surface area contributed by atoms with E-state index in [2.05, 4.69) is 36.0 Å². The van der Waals surface area contributed by atoms with E-state index < -0.39 is 5.82 Å². The standard InChI is InChI=1S/C22H21FN8O2/c1-24-22(32)15-12-25-19(29-18-7-8-31(2)30-18)9-17(15)28-16-6-4-5-14(20(16)33-3)21-26-10-13(23)11-27-21/h4-12H,1-3H3,(H,24,32)(H2,25,28,29,30). The maximum Gasteiger partial charge on any atom is 0.254 e. The maximum absolute atomic E-state index is 13.3. The van der Waals surface area contributed by atoms with Crippen molar-refractivity contribution in [1.29, 1.82) is 0 Å². The summed E-state index contributed by atoms with van der Waals surface area (Å²) in [5, 5.41) is 13.2. The minimum absolute atomic E-state index is 0.302. The fraction of sp³-hybridized carbons (Fsp3) is 0.136. The smallest absolute Gasteiger partial charge is 0.254 e. The van der Waals surface area contributed by atoms with Crippen molar-refractivity contribution in [2.24, 2.45) is 7.05 Å². The molecule has 0 radical (unpaired) electrons. The number of benzene rings is 1. The number of carbonyl (C=O) groups is 1. The molecule has 33 heavy (non-hydrogen) atoms. The molecule has 3 aromatic heterocycles. The van der Waals surface area contributed by atoms with E-state index >= 15 is 0 Å². The summed E-state index contributed by atoms with van der Waals surface area (Å²) in [6.07, 6.45) is 5.44. The molecule has 3 heterocycles. The van der Waals surface area contributed by atoms with Crippen molar-refractivity contribution < 1.29 is 13.9 Å². The molecule has 3 N–H and O–H groups in total. The number of halogens is 1. The second-order valence-electron chi connectivity index (χ2n) is 6.93. The van der Waals surface area contributed by atoms with E-state index in [0.717, 1.165) is 12.4 Å². The molecule has 0 bridgehead atoms. The van der Waals surface area contributed by atoms with E-state index in [0.29, 0.717) is 45.7 Å². The fourth-order valence-electron chi connectivity index (χ4n) is 3.18. The van der Waals surface area contributed by atoms with Gasteiger partial charge in [-0.2, -0.15) is 5.10 Å². The first kappa shape index (κ1) is 21.7. The normalized spacial score (nSPS) is 10.5. The number of para-hydroxylation sites is 1. The van der Waals surface area contributed by atoms with Gasteiger partial charge in [-0.05, 0) is 12.1 Å². The van der Waals surface area contributed by atoms with Crippen molar-refractivity contribution in [1.82, 2.24) is 30.0 Å². The van der Waals surface area contributed by atoms with Gasteiger partial charge in [-0.3, -0.25) is 9.48 Å². The number of hydrogen-bond acceptors (Lipinski definition) is 8. The number of methoxy groups -OCH3 is 1.